The number of nitriles is 1. The first-order chi connectivity index (χ1) is 18.9. The number of anilines is 1. The minimum absolute atomic E-state index is 0.0986. The summed E-state index contributed by atoms with van der Waals surface area (Å²) in [4.78, 5) is 25.6. The Kier molecular flexibility index (Phi) is 8.63. The average Bonchev–Trinajstić information content (AvgIpc) is 3.65. The van der Waals surface area contributed by atoms with E-state index in [1.807, 2.05) is 26.8 Å². The van der Waals surface area contributed by atoms with Crippen molar-refractivity contribution in [1.29, 1.82) is 5.26 Å². The van der Waals surface area contributed by atoms with Gasteiger partial charge in [-0.1, -0.05) is 31.0 Å². The summed E-state index contributed by atoms with van der Waals surface area (Å²) >= 11 is -0.272. The quantitative estimate of drug-likeness (QED) is 0.335. The van der Waals surface area contributed by atoms with E-state index in [0.29, 0.717) is 29.0 Å². The second kappa shape index (κ2) is 11.6. The van der Waals surface area contributed by atoms with Gasteiger partial charge in [0.05, 0.1) is 47.4 Å². The summed E-state index contributed by atoms with van der Waals surface area (Å²) in [5.74, 6) is -0.958. The van der Waals surface area contributed by atoms with Crippen LogP contribution < -0.4 is 5.32 Å². The Morgan fingerprint density at radius 1 is 1.20 bits per heavy atom. The van der Waals surface area contributed by atoms with Gasteiger partial charge < -0.3 is 15.5 Å². The minimum atomic E-state index is -1.35. The van der Waals surface area contributed by atoms with E-state index in [9.17, 15) is 29.3 Å². The number of nitrogens with zero attached hydrogens (tertiary/aromatic N) is 3. The Labute approximate surface area is 237 Å². The first-order valence-electron chi connectivity index (χ1n) is 13.3. The van der Waals surface area contributed by atoms with Crippen molar-refractivity contribution in [3.8, 4) is 6.07 Å². The van der Waals surface area contributed by atoms with Crippen molar-refractivity contribution in [1.82, 2.24) is 9.21 Å². The molecule has 9 nitrogen and oxygen atoms in total. The van der Waals surface area contributed by atoms with Crippen molar-refractivity contribution < 1.29 is 28.4 Å². The Bertz CT molecular complexity index is 1340. The molecular weight excluding hydrogens is 535 g/mol. The van der Waals surface area contributed by atoms with Crippen LogP contribution in [0.15, 0.2) is 42.5 Å². The van der Waals surface area contributed by atoms with E-state index < -0.39 is 41.0 Å². The normalized spacial score (nSPS) is 20.7. The number of carbonyl (C=O) groups is 2. The molecule has 0 bridgehead atoms. The molecule has 1 saturated heterocycles. The zero-order valence-electron chi connectivity index (χ0n) is 22.8. The zero-order chi connectivity index (χ0) is 29.2. The van der Waals surface area contributed by atoms with Crippen LogP contribution in [-0.4, -0.2) is 59.9 Å². The number of aliphatic hydroxyl groups excluding tert-OH is 1. The minimum Gasteiger partial charge on any atom is -0.465 e. The van der Waals surface area contributed by atoms with Gasteiger partial charge in [-0.15, -0.1) is 0 Å². The number of halogens is 1. The number of hydrogen-bond donors (Lipinski definition) is 4. The van der Waals surface area contributed by atoms with Crippen molar-refractivity contribution in [3.05, 3.63) is 65.0 Å². The summed E-state index contributed by atoms with van der Waals surface area (Å²) in [6.07, 6.45) is 1.08. The number of amides is 2. The molecule has 3 N–H and O–H groups in total. The molecule has 0 spiro atoms. The number of β-amino-alcohol motifs (C(OH)–C–C–N with tert-alkyl or cyclic N) is 1. The van der Waals surface area contributed by atoms with Gasteiger partial charge in [-0.05, 0) is 74.9 Å². The molecule has 0 aromatic heterocycles. The largest absolute Gasteiger partial charge is 0.465 e. The number of nitrogens with one attached hydrogen (secondary N) is 1. The number of carbonyl (C=O) groups excluding carboxylic acids is 1. The van der Waals surface area contributed by atoms with Crippen molar-refractivity contribution in [2.24, 2.45) is 5.92 Å². The summed E-state index contributed by atoms with van der Waals surface area (Å²) in [5.41, 5.74) is -0.132. The summed E-state index contributed by atoms with van der Waals surface area (Å²) in [6.45, 7) is 5.57. The number of hydrogen-bond acceptors (Lipinski definition) is 5. The lowest BCUT2D eigenvalue weighted by atomic mass is 9.76. The molecule has 1 aliphatic heterocycles. The second-order valence-corrected chi connectivity index (χ2v) is 12.2. The van der Waals surface area contributed by atoms with Crippen LogP contribution in [0.25, 0.3) is 0 Å². The number of thiol groups is 1. The maximum Gasteiger partial charge on any atom is 0.408 e. The van der Waals surface area contributed by atoms with Crippen LogP contribution in [0.3, 0.4) is 0 Å². The highest BCUT2D eigenvalue weighted by atomic mass is 32.2. The monoisotopic (exact) mass is 570 g/mol. The molecule has 2 aromatic carbocycles. The van der Waals surface area contributed by atoms with Crippen molar-refractivity contribution in [2.45, 2.75) is 76.1 Å². The van der Waals surface area contributed by atoms with Crippen molar-refractivity contribution >= 4 is 29.5 Å². The van der Waals surface area contributed by atoms with Gasteiger partial charge in [-0.3, -0.25) is 9.69 Å². The van der Waals surface area contributed by atoms with Gasteiger partial charge in [-0.2, -0.15) is 5.26 Å². The molecule has 214 valence electrons. The molecule has 4 rings (SSSR count). The van der Waals surface area contributed by atoms with E-state index in [-0.39, 0.29) is 30.5 Å². The Morgan fingerprint density at radius 2 is 1.90 bits per heavy atom. The van der Waals surface area contributed by atoms with Crippen LogP contribution in [0, 0.1) is 23.1 Å². The predicted molar refractivity (Wildman–Crippen MR) is 149 cm³/mol. The molecule has 3 atom stereocenters. The van der Waals surface area contributed by atoms with Crippen molar-refractivity contribution in [3.63, 3.8) is 0 Å². The Balaban J connectivity index is 1.85. The van der Waals surface area contributed by atoms with E-state index in [4.69, 9.17) is 0 Å². The molecule has 0 unspecified atom stereocenters. The van der Waals surface area contributed by atoms with Crippen molar-refractivity contribution in [2.75, 3.05) is 11.9 Å². The maximum atomic E-state index is 15.2. The molecule has 2 amide bonds. The lowest BCUT2D eigenvalue weighted by Crippen LogP contribution is -2.54. The molecule has 2 aromatic rings. The average molecular weight is 571 g/mol. The summed E-state index contributed by atoms with van der Waals surface area (Å²) in [6, 6.07) is 12.4. The maximum absolute atomic E-state index is 15.2. The molecule has 1 aliphatic carbocycles. The zero-order valence-corrected chi connectivity index (χ0v) is 23.7. The lowest BCUT2D eigenvalue weighted by molar-refractivity contribution is -0.120. The third-order valence-electron chi connectivity index (χ3n) is 7.69. The van der Waals surface area contributed by atoms with Crippen LogP contribution in [-0.2, 0) is 22.2 Å². The summed E-state index contributed by atoms with van der Waals surface area (Å²) < 4.78 is 29.9. The number of rotatable bonds is 9. The van der Waals surface area contributed by atoms with Gasteiger partial charge in [0.1, 0.15) is 11.9 Å². The number of benzene rings is 2. The van der Waals surface area contributed by atoms with Gasteiger partial charge in [0.25, 0.3) is 0 Å². The molecule has 0 radical (unpaired) electrons. The van der Waals surface area contributed by atoms with E-state index >= 15 is 4.39 Å². The third-order valence-corrected chi connectivity index (χ3v) is 8.79. The fourth-order valence-corrected chi connectivity index (χ4v) is 6.32. The fraction of sp³-hybridized carbons (Fsp3) is 0.483. The van der Waals surface area contributed by atoms with Gasteiger partial charge in [0.2, 0.25) is 5.91 Å². The molecule has 1 heterocycles. The van der Waals surface area contributed by atoms with Gasteiger partial charge in [0.15, 0.2) is 0 Å². The Hall–Kier alpha value is -3.33. The van der Waals surface area contributed by atoms with E-state index in [1.54, 1.807) is 28.6 Å². The van der Waals surface area contributed by atoms with Crippen LogP contribution in [0.1, 0.15) is 69.6 Å². The first kappa shape index (κ1) is 29.6. The molecule has 40 heavy (non-hydrogen) atoms. The van der Waals surface area contributed by atoms with Gasteiger partial charge in [-0.25, -0.2) is 17.7 Å². The highest BCUT2D eigenvalue weighted by Gasteiger charge is 2.47. The SMILES string of the molecule is CC(C)(C)N([SH]=O)[C@](CCC1CC1)(c1cccc(C#N)c1)c1ccc(F)c(NC(=O)[C@H]2C[C@@H](O)CN2C(=O)O)c1. The second-order valence-electron chi connectivity index (χ2n) is 11.6. The molecule has 2 fully saturated rings. The molecule has 11 heteroatoms. The van der Waals surface area contributed by atoms with Crippen LogP contribution in [0.4, 0.5) is 14.9 Å². The number of aliphatic hydroxyl groups is 1. The topological polar surface area (TPSA) is 134 Å². The van der Waals surface area contributed by atoms with Crippen LogP contribution in [0.2, 0.25) is 0 Å². The van der Waals surface area contributed by atoms with E-state index in [0.717, 1.165) is 24.2 Å². The van der Waals surface area contributed by atoms with Gasteiger partial charge >= 0.3 is 6.09 Å². The van der Waals surface area contributed by atoms with E-state index in [1.165, 1.54) is 12.1 Å². The molecule has 2 aliphatic rings. The van der Waals surface area contributed by atoms with Crippen LogP contribution in [0.5, 0.6) is 0 Å². The smallest absolute Gasteiger partial charge is 0.408 e. The number of likely N-dealkylation sites (tertiary alicyclic amines) is 1. The standard InChI is InChI=1S/C29H35FN4O5S/c1-28(2,3)34(40-39)29(12-11-18-7-8-18,20-6-4-5-19(13-20)16-31)21-9-10-23(30)24(14-21)32-26(36)25-15-22(35)17-33(25)27(37)38/h4-6,9-10,13-14,18,22,25,35,40H,7-8,11-12,15,17H2,1-3H3,(H,32,36)(H,37,38)/t22-,25-,29-/m1/s1. The fourth-order valence-electron chi connectivity index (χ4n) is 5.60. The Morgan fingerprint density at radius 3 is 2.50 bits per heavy atom. The molecule has 1 saturated carbocycles. The predicted octanol–water partition coefficient (Wildman–Crippen LogP) is 4.14. The first-order valence-corrected chi connectivity index (χ1v) is 14.1. The summed E-state index contributed by atoms with van der Waals surface area (Å²) in [5, 5.41) is 31.6. The number of carboxylic acid groups (broad SMARTS) is 1. The third kappa shape index (κ3) is 6.04. The highest BCUT2D eigenvalue weighted by Crippen LogP contribution is 2.47. The van der Waals surface area contributed by atoms with E-state index in [2.05, 4.69) is 11.4 Å². The summed E-state index contributed by atoms with van der Waals surface area (Å²) in [7, 11) is 0. The van der Waals surface area contributed by atoms with Gasteiger partial charge in [0, 0.05) is 12.0 Å². The lowest BCUT2D eigenvalue weighted by Gasteiger charge is -2.48. The molecular formula is C29H35FN4O5S. The highest BCUT2D eigenvalue weighted by molar-refractivity contribution is 7.63. The van der Waals surface area contributed by atoms with Crippen LogP contribution >= 0.6 is 0 Å².